The number of allylic oxidation sites excluding steroid dienone is 1. The number of fused-ring (bicyclic) bond motifs is 1. The number of nitrogens with zero attached hydrogens (tertiary/aromatic N) is 2. The Balaban J connectivity index is 1.95. The summed E-state index contributed by atoms with van der Waals surface area (Å²) in [5, 5.41) is 10.6. The normalized spacial score (nSPS) is 14.9. The standard InChI is InChI=1S/C29H30N2O7S/c1-6-14-38-20-13-12-18(15-22(20)36-7-2)25-24(28(34)37-8-3)17(4)30-29-31(25)27(33)23(39-29)16-19-10-9-11-21(35-5)26(19)32/h6,9-13,15-16,25,32H,1,7-8,14H2,2-5H3. The van der Waals surface area contributed by atoms with Crippen molar-refractivity contribution in [3.63, 3.8) is 0 Å². The van der Waals surface area contributed by atoms with E-state index >= 15 is 0 Å². The lowest BCUT2D eigenvalue weighted by atomic mass is 9.95. The maximum Gasteiger partial charge on any atom is 0.338 e. The van der Waals surface area contributed by atoms with Gasteiger partial charge in [-0.3, -0.25) is 9.36 Å². The highest BCUT2D eigenvalue weighted by Crippen LogP contribution is 2.36. The number of carbonyl (C=O) groups excluding carboxylic acids is 1. The van der Waals surface area contributed by atoms with Gasteiger partial charge in [0, 0.05) is 5.56 Å². The van der Waals surface area contributed by atoms with E-state index in [2.05, 4.69) is 11.6 Å². The van der Waals surface area contributed by atoms with Gasteiger partial charge in [0.25, 0.3) is 5.56 Å². The number of esters is 1. The molecular weight excluding hydrogens is 520 g/mol. The van der Waals surface area contributed by atoms with Crippen LogP contribution in [0.5, 0.6) is 23.0 Å². The predicted molar refractivity (Wildman–Crippen MR) is 148 cm³/mol. The molecule has 1 unspecified atom stereocenters. The lowest BCUT2D eigenvalue weighted by molar-refractivity contribution is -0.139. The number of thiazole rings is 1. The minimum Gasteiger partial charge on any atom is -0.504 e. The van der Waals surface area contributed by atoms with Crippen LogP contribution in [-0.4, -0.2) is 42.6 Å². The Morgan fingerprint density at radius 2 is 1.95 bits per heavy atom. The van der Waals surface area contributed by atoms with Crippen LogP contribution in [0.25, 0.3) is 6.08 Å². The monoisotopic (exact) mass is 550 g/mol. The first-order valence-electron chi connectivity index (χ1n) is 12.4. The SMILES string of the molecule is C=CCOc1ccc(C2C(C(=O)OCC)=C(C)N=c3sc(=Cc4cccc(OC)c4O)c(=O)n32)cc1OCC. The number of aromatic hydroxyl groups is 1. The molecule has 0 fully saturated rings. The zero-order valence-electron chi connectivity index (χ0n) is 22.2. The molecule has 1 N–H and O–H groups in total. The topological polar surface area (TPSA) is 109 Å². The van der Waals surface area contributed by atoms with Crippen molar-refractivity contribution in [2.75, 3.05) is 26.9 Å². The molecule has 0 spiro atoms. The molecule has 0 aliphatic carbocycles. The maximum absolute atomic E-state index is 13.8. The van der Waals surface area contributed by atoms with Crippen LogP contribution in [0.2, 0.25) is 0 Å². The molecule has 4 rings (SSSR count). The molecule has 0 saturated heterocycles. The summed E-state index contributed by atoms with van der Waals surface area (Å²) in [4.78, 5) is 32.0. The molecule has 0 bridgehead atoms. The third-order valence-electron chi connectivity index (χ3n) is 5.99. The number of carbonyl (C=O) groups is 1. The van der Waals surface area contributed by atoms with Crippen LogP contribution in [0.3, 0.4) is 0 Å². The van der Waals surface area contributed by atoms with Crippen molar-refractivity contribution >= 4 is 23.4 Å². The Hall–Kier alpha value is -4.31. The van der Waals surface area contributed by atoms with Gasteiger partial charge in [0.05, 0.1) is 42.2 Å². The van der Waals surface area contributed by atoms with Gasteiger partial charge in [-0.25, -0.2) is 9.79 Å². The molecule has 1 atom stereocenters. The van der Waals surface area contributed by atoms with Crippen LogP contribution in [0.15, 0.2) is 70.1 Å². The molecule has 1 aromatic heterocycles. The van der Waals surface area contributed by atoms with Gasteiger partial charge in [-0.05, 0) is 50.6 Å². The molecule has 1 aliphatic rings. The minimum atomic E-state index is -0.825. The van der Waals surface area contributed by atoms with Crippen molar-refractivity contribution in [2.24, 2.45) is 4.99 Å². The van der Waals surface area contributed by atoms with Crippen LogP contribution in [0.1, 0.15) is 37.9 Å². The summed E-state index contributed by atoms with van der Waals surface area (Å²) in [6.45, 7) is 9.82. The van der Waals surface area contributed by atoms with Crippen molar-refractivity contribution in [3.05, 3.63) is 91.1 Å². The average Bonchev–Trinajstić information content (AvgIpc) is 3.22. The van der Waals surface area contributed by atoms with E-state index < -0.39 is 12.0 Å². The van der Waals surface area contributed by atoms with Crippen molar-refractivity contribution in [1.82, 2.24) is 4.57 Å². The van der Waals surface area contributed by atoms with E-state index in [-0.39, 0.29) is 29.2 Å². The third-order valence-corrected chi connectivity index (χ3v) is 6.98. The average molecular weight is 551 g/mol. The van der Waals surface area contributed by atoms with Crippen LogP contribution in [0, 0.1) is 0 Å². The molecule has 2 heterocycles. The van der Waals surface area contributed by atoms with Crippen molar-refractivity contribution in [3.8, 4) is 23.0 Å². The fourth-order valence-corrected chi connectivity index (χ4v) is 5.34. The van der Waals surface area contributed by atoms with E-state index in [0.717, 1.165) is 11.3 Å². The van der Waals surface area contributed by atoms with E-state index in [0.29, 0.717) is 50.9 Å². The number of phenolic OH excluding ortho intramolecular Hbond substituents is 1. The Morgan fingerprint density at radius 3 is 2.64 bits per heavy atom. The smallest absolute Gasteiger partial charge is 0.338 e. The van der Waals surface area contributed by atoms with Gasteiger partial charge in [0.2, 0.25) is 0 Å². The number of phenols is 1. The Labute approximate surface area is 229 Å². The number of hydrogen-bond acceptors (Lipinski definition) is 9. The zero-order valence-corrected chi connectivity index (χ0v) is 23.0. The molecule has 3 aromatic rings. The quantitative estimate of drug-likeness (QED) is 0.304. The second-order valence-corrected chi connectivity index (χ2v) is 9.45. The van der Waals surface area contributed by atoms with Crippen LogP contribution in [-0.2, 0) is 9.53 Å². The summed E-state index contributed by atoms with van der Waals surface area (Å²) in [6.07, 6.45) is 3.21. The van der Waals surface area contributed by atoms with E-state index in [9.17, 15) is 14.7 Å². The summed E-state index contributed by atoms with van der Waals surface area (Å²) in [5.41, 5.74) is 1.37. The van der Waals surface area contributed by atoms with Gasteiger partial charge in [0.15, 0.2) is 27.8 Å². The second kappa shape index (κ2) is 12.0. The van der Waals surface area contributed by atoms with E-state index in [1.54, 1.807) is 62.4 Å². The highest BCUT2D eigenvalue weighted by Gasteiger charge is 2.34. The van der Waals surface area contributed by atoms with Crippen molar-refractivity contribution in [2.45, 2.75) is 26.8 Å². The Morgan fingerprint density at radius 1 is 1.15 bits per heavy atom. The fraction of sp³-hybridized carbons (Fsp3) is 0.276. The van der Waals surface area contributed by atoms with Crippen LogP contribution >= 0.6 is 11.3 Å². The molecule has 39 heavy (non-hydrogen) atoms. The lowest BCUT2D eigenvalue weighted by Crippen LogP contribution is -2.40. The van der Waals surface area contributed by atoms with Crippen LogP contribution < -0.4 is 29.1 Å². The number of benzene rings is 2. The highest BCUT2D eigenvalue weighted by molar-refractivity contribution is 7.07. The van der Waals surface area contributed by atoms with Gasteiger partial charge in [-0.2, -0.15) is 0 Å². The molecule has 0 amide bonds. The van der Waals surface area contributed by atoms with Gasteiger partial charge >= 0.3 is 5.97 Å². The fourth-order valence-electron chi connectivity index (χ4n) is 4.30. The predicted octanol–water partition coefficient (Wildman–Crippen LogP) is 3.48. The van der Waals surface area contributed by atoms with Crippen LogP contribution in [0.4, 0.5) is 0 Å². The molecule has 9 nitrogen and oxygen atoms in total. The minimum absolute atomic E-state index is 0.0813. The first kappa shape index (κ1) is 27.7. The van der Waals surface area contributed by atoms with Crippen molar-refractivity contribution < 1.29 is 28.8 Å². The number of rotatable bonds is 10. The zero-order chi connectivity index (χ0) is 28.1. The van der Waals surface area contributed by atoms with Gasteiger partial charge in [0.1, 0.15) is 6.61 Å². The molecule has 10 heteroatoms. The number of para-hydroxylation sites is 1. The molecule has 0 saturated carbocycles. The molecule has 204 valence electrons. The highest BCUT2D eigenvalue weighted by atomic mass is 32.1. The summed E-state index contributed by atoms with van der Waals surface area (Å²) < 4.78 is 23.9. The molecule has 1 aliphatic heterocycles. The number of aromatic nitrogens is 1. The van der Waals surface area contributed by atoms with E-state index in [1.807, 2.05) is 6.92 Å². The van der Waals surface area contributed by atoms with E-state index in [1.165, 1.54) is 11.7 Å². The van der Waals surface area contributed by atoms with E-state index in [4.69, 9.17) is 18.9 Å². The summed E-state index contributed by atoms with van der Waals surface area (Å²) >= 11 is 1.16. The first-order valence-corrected chi connectivity index (χ1v) is 13.2. The Bertz CT molecular complexity index is 1620. The number of methoxy groups -OCH3 is 1. The van der Waals surface area contributed by atoms with Gasteiger partial charge < -0.3 is 24.1 Å². The van der Waals surface area contributed by atoms with Gasteiger partial charge in [-0.1, -0.05) is 42.2 Å². The Kier molecular flexibility index (Phi) is 8.55. The van der Waals surface area contributed by atoms with Gasteiger partial charge in [-0.15, -0.1) is 0 Å². The summed E-state index contributed by atoms with van der Waals surface area (Å²) in [7, 11) is 1.45. The maximum atomic E-state index is 13.8. The molecule has 2 aromatic carbocycles. The summed E-state index contributed by atoms with van der Waals surface area (Å²) in [5.74, 6) is 0.630. The number of hydrogen-bond donors (Lipinski definition) is 1. The third kappa shape index (κ3) is 5.46. The molecular formula is C29H30N2O7S. The second-order valence-electron chi connectivity index (χ2n) is 8.44. The number of ether oxygens (including phenoxy) is 4. The first-order chi connectivity index (χ1) is 18.8. The molecule has 0 radical (unpaired) electrons. The largest absolute Gasteiger partial charge is 0.504 e. The lowest BCUT2D eigenvalue weighted by Gasteiger charge is -2.25. The van der Waals surface area contributed by atoms with Crippen molar-refractivity contribution in [1.29, 1.82) is 0 Å². The summed E-state index contributed by atoms with van der Waals surface area (Å²) in [6, 6.07) is 9.49.